The minimum absolute atomic E-state index is 0.0725. The monoisotopic (exact) mass is 486 g/mol. The summed E-state index contributed by atoms with van der Waals surface area (Å²) in [6.45, 7) is 0. The van der Waals surface area contributed by atoms with Gasteiger partial charge in [0.1, 0.15) is 23.0 Å². The standard InChI is InChI=1S/C23H16F6O5/c24-22(25,26)33-18-5-1-14(2-6-18)15-3-11-20(16(13-15)4-12-21(30)31)32-17-7-9-19(10-8-17)34-23(27,28)29/h1-3,5-11,13H,4,12H2,(H,30,31). The molecule has 0 saturated carbocycles. The lowest BCUT2D eigenvalue weighted by Crippen LogP contribution is -2.16. The quantitative estimate of drug-likeness (QED) is 0.349. The maximum Gasteiger partial charge on any atom is 0.573 e. The van der Waals surface area contributed by atoms with Crippen molar-refractivity contribution < 1.29 is 50.5 Å². The van der Waals surface area contributed by atoms with Crippen LogP contribution in [-0.4, -0.2) is 23.8 Å². The highest BCUT2D eigenvalue weighted by atomic mass is 19.4. The summed E-state index contributed by atoms with van der Waals surface area (Å²) < 4.78 is 87.3. The van der Waals surface area contributed by atoms with Crippen LogP contribution in [0.15, 0.2) is 66.7 Å². The van der Waals surface area contributed by atoms with Gasteiger partial charge in [-0.3, -0.25) is 4.79 Å². The number of hydrogen-bond donors (Lipinski definition) is 1. The van der Waals surface area contributed by atoms with Crippen molar-refractivity contribution in [2.75, 3.05) is 0 Å². The Morgan fingerprint density at radius 2 is 1.18 bits per heavy atom. The van der Waals surface area contributed by atoms with Crippen molar-refractivity contribution in [1.82, 2.24) is 0 Å². The first-order valence-corrected chi connectivity index (χ1v) is 9.62. The summed E-state index contributed by atoms with van der Waals surface area (Å²) in [5.74, 6) is -1.42. The molecule has 5 nitrogen and oxygen atoms in total. The fourth-order valence-corrected chi connectivity index (χ4v) is 2.98. The number of aryl methyl sites for hydroxylation is 1. The fraction of sp³-hybridized carbons (Fsp3) is 0.174. The van der Waals surface area contributed by atoms with Crippen LogP contribution in [0.25, 0.3) is 11.1 Å². The van der Waals surface area contributed by atoms with Crippen molar-refractivity contribution in [2.45, 2.75) is 25.6 Å². The average Bonchev–Trinajstić information content (AvgIpc) is 2.73. The molecule has 11 heteroatoms. The summed E-state index contributed by atoms with van der Waals surface area (Å²) in [4.78, 5) is 11.0. The molecule has 0 aliphatic carbocycles. The molecule has 0 saturated heterocycles. The lowest BCUT2D eigenvalue weighted by atomic mass is 10.00. The molecule has 0 bridgehead atoms. The van der Waals surface area contributed by atoms with Crippen molar-refractivity contribution in [1.29, 1.82) is 0 Å². The predicted molar refractivity (Wildman–Crippen MR) is 108 cm³/mol. The third-order valence-electron chi connectivity index (χ3n) is 4.38. The van der Waals surface area contributed by atoms with Gasteiger partial charge in [-0.25, -0.2) is 0 Å². The normalized spacial score (nSPS) is 11.7. The van der Waals surface area contributed by atoms with Crippen LogP contribution < -0.4 is 14.2 Å². The molecule has 34 heavy (non-hydrogen) atoms. The first-order valence-electron chi connectivity index (χ1n) is 9.62. The van der Waals surface area contributed by atoms with E-state index in [1.807, 2.05) is 0 Å². The maximum absolute atomic E-state index is 12.3. The fourth-order valence-electron chi connectivity index (χ4n) is 2.98. The van der Waals surface area contributed by atoms with Gasteiger partial charge in [0.05, 0.1) is 0 Å². The zero-order chi connectivity index (χ0) is 24.9. The molecule has 0 aromatic heterocycles. The number of ether oxygens (including phenoxy) is 3. The number of benzene rings is 3. The molecule has 3 aromatic rings. The van der Waals surface area contributed by atoms with E-state index >= 15 is 0 Å². The molecule has 3 rings (SSSR count). The lowest BCUT2D eigenvalue weighted by Gasteiger charge is -2.14. The van der Waals surface area contributed by atoms with Crippen LogP contribution in [0, 0.1) is 0 Å². The minimum atomic E-state index is -4.83. The zero-order valence-electron chi connectivity index (χ0n) is 17.1. The number of hydrogen-bond acceptors (Lipinski definition) is 4. The summed E-state index contributed by atoms with van der Waals surface area (Å²) in [5, 5.41) is 9.04. The van der Waals surface area contributed by atoms with Crippen molar-refractivity contribution in [3.8, 4) is 34.1 Å². The molecule has 1 N–H and O–H groups in total. The highest BCUT2D eigenvalue weighted by Crippen LogP contribution is 2.33. The van der Waals surface area contributed by atoms with Gasteiger partial charge in [-0.1, -0.05) is 18.2 Å². The number of rotatable bonds is 8. The van der Waals surface area contributed by atoms with Gasteiger partial charge in [-0.15, -0.1) is 26.3 Å². The number of halogens is 6. The number of aliphatic carboxylic acids is 1. The predicted octanol–water partition coefficient (Wildman–Crippen LogP) is 6.96. The molecular weight excluding hydrogens is 470 g/mol. The number of carboxylic acid groups (broad SMARTS) is 1. The van der Waals surface area contributed by atoms with Crippen LogP contribution >= 0.6 is 0 Å². The van der Waals surface area contributed by atoms with E-state index in [0.717, 1.165) is 24.3 Å². The Hall–Kier alpha value is -3.89. The Morgan fingerprint density at radius 3 is 1.68 bits per heavy atom. The zero-order valence-corrected chi connectivity index (χ0v) is 17.1. The first-order chi connectivity index (χ1) is 15.9. The second kappa shape index (κ2) is 9.94. The second-order valence-corrected chi connectivity index (χ2v) is 6.91. The van der Waals surface area contributed by atoms with Gasteiger partial charge >= 0.3 is 18.7 Å². The van der Waals surface area contributed by atoms with Crippen molar-refractivity contribution in [2.24, 2.45) is 0 Å². The van der Waals surface area contributed by atoms with Crippen LogP contribution in [0.3, 0.4) is 0 Å². The second-order valence-electron chi connectivity index (χ2n) is 6.91. The number of carbonyl (C=O) groups is 1. The Balaban J connectivity index is 1.83. The summed E-state index contributed by atoms with van der Waals surface area (Å²) in [6.07, 6.45) is -9.81. The highest BCUT2D eigenvalue weighted by molar-refractivity contribution is 5.69. The Morgan fingerprint density at radius 1 is 0.706 bits per heavy atom. The van der Waals surface area contributed by atoms with Crippen LogP contribution in [0.4, 0.5) is 26.3 Å². The number of carboxylic acids is 1. The van der Waals surface area contributed by atoms with Gasteiger partial charge < -0.3 is 19.3 Å². The molecule has 3 aromatic carbocycles. The molecule has 0 atom stereocenters. The molecule has 0 heterocycles. The van der Waals surface area contributed by atoms with Crippen LogP contribution in [-0.2, 0) is 11.2 Å². The molecular formula is C23H16F6O5. The average molecular weight is 486 g/mol. The summed E-state index contributed by atoms with van der Waals surface area (Å²) in [7, 11) is 0. The first kappa shape index (κ1) is 24.7. The Labute approximate surface area is 189 Å². The summed E-state index contributed by atoms with van der Waals surface area (Å²) >= 11 is 0. The Kier molecular flexibility index (Phi) is 7.23. The van der Waals surface area contributed by atoms with E-state index in [1.54, 1.807) is 12.1 Å². The van der Waals surface area contributed by atoms with Gasteiger partial charge in [0, 0.05) is 6.42 Å². The third-order valence-corrected chi connectivity index (χ3v) is 4.38. The largest absolute Gasteiger partial charge is 0.573 e. The van der Waals surface area contributed by atoms with Gasteiger partial charge in [-0.05, 0) is 71.6 Å². The number of alkyl halides is 6. The summed E-state index contributed by atoms with van der Waals surface area (Å²) in [5.41, 5.74) is 1.61. The molecule has 0 radical (unpaired) electrons. The van der Waals surface area contributed by atoms with Gasteiger partial charge in [0.2, 0.25) is 0 Å². The van der Waals surface area contributed by atoms with Crippen molar-refractivity contribution in [3.63, 3.8) is 0 Å². The van der Waals surface area contributed by atoms with Crippen LogP contribution in [0.5, 0.6) is 23.0 Å². The minimum Gasteiger partial charge on any atom is -0.481 e. The van der Waals surface area contributed by atoms with Crippen LogP contribution in [0.1, 0.15) is 12.0 Å². The maximum atomic E-state index is 12.3. The van der Waals surface area contributed by atoms with E-state index in [1.165, 1.54) is 30.3 Å². The van der Waals surface area contributed by atoms with E-state index in [0.29, 0.717) is 16.7 Å². The van der Waals surface area contributed by atoms with E-state index in [4.69, 9.17) is 9.84 Å². The summed E-state index contributed by atoms with van der Waals surface area (Å²) in [6, 6.07) is 14.5. The smallest absolute Gasteiger partial charge is 0.481 e. The lowest BCUT2D eigenvalue weighted by molar-refractivity contribution is -0.275. The van der Waals surface area contributed by atoms with E-state index in [-0.39, 0.29) is 30.1 Å². The third kappa shape index (κ3) is 7.61. The van der Waals surface area contributed by atoms with Gasteiger partial charge in [0.15, 0.2) is 0 Å². The van der Waals surface area contributed by atoms with Gasteiger partial charge in [-0.2, -0.15) is 0 Å². The molecule has 0 spiro atoms. The van der Waals surface area contributed by atoms with E-state index in [9.17, 15) is 31.1 Å². The van der Waals surface area contributed by atoms with E-state index in [2.05, 4.69) is 9.47 Å². The van der Waals surface area contributed by atoms with E-state index < -0.39 is 24.4 Å². The molecule has 0 unspecified atom stereocenters. The van der Waals surface area contributed by atoms with Crippen molar-refractivity contribution in [3.05, 3.63) is 72.3 Å². The SMILES string of the molecule is O=C(O)CCc1cc(-c2ccc(OC(F)(F)F)cc2)ccc1Oc1ccc(OC(F)(F)F)cc1. The Bertz CT molecular complexity index is 1120. The topological polar surface area (TPSA) is 65.0 Å². The van der Waals surface area contributed by atoms with Crippen LogP contribution in [0.2, 0.25) is 0 Å². The molecule has 0 fully saturated rings. The molecule has 180 valence electrons. The molecule has 0 aliphatic rings. The molecule has 0 amide bonds. The highest BCUT2D eigenvalue weighted by Gasteiger charge is 2.31. The molecule has 0 aliphatic heterocycles. The van der Waals surface area contributed by atoms with Crippen molar-refractivity contribution >= 4 is 5.97 Å². The van der Waals surface area contributed by atoms with Gasteiger partial charge in [0.25, 0.3) is 0 Å².